The molecule has 0 saturated carbocycles. The first-order valence-electron chi connectivity index (χ1n) is 5.88. The lowest BCUT2D eigenvalue weighted by molar-refractivity contribution is 0.0297. The lowest BCUT2D eigenvalue weighted by atomic mass is 9.96. The van der Waals surface area contributed by atoms with Crippen LogP contribution in [0.2, 0.25) is 5.15 Å². The molecular formula is C12H16ClN3O2. The molecule has 1 fully saturated rings. The maximum Gasteiger partial charge on any atom is 0.254 e. The first-order valence-corrected chi connectivity index (χ1v) is 6.25. The fourth-order valence-electron chi connectivity index (χ4n) is 2.14. The third-order valence-electron chi connectivity index (χ3n) is 3.21. The molecule has 0 aromatic carbocycles. The number of nitrogens with two attached hydrogens (primary N) is 1. The Balaban J connectivity index is 2.16. The van der Waals surface area contributed by atoms with E-state index in [2.05, 4.69) is 4.98 Å². The van der Waals surface area contributed by atoms with Gasteiger partial charge in [0, 0.05) is 18.7 Å². The van der Waals surface area contributed by atoms with Crippen molar-refractivity contribution >= 4 is 23.3 Å². The zero-order valence-electron chi connectivity index (χ0n) is 10.1. The lowest BCUT2D eigenvalue weighted by Crippen LogP contribution is -2.45. The summed E-state index contributed by atoms with van der Waals surface area (Å²) in [5.74, 6) is 0.193. The Labute approximate surface area is 111 Å². The average molecular weight is 270 g/mol. The maximum absolute atomic E-state index is 12.3. The van der Waals surface area contributed by atoms with Crippen molar-refractivity contribution in [2.75, 3.05) is 18.8 Å². The second-order valence-electron chi connectivity index (χ2n) is 4.69. The van der Waals surface area contributed by atoms with E-state index < -0.39 is 0 Å². The molecule has 1 aromatic rings. The number of aliphatic hydroxyl groups is 1. The fourth-order valence-corrected chi connectivity index (χ4v) is 2.36. The van der Waals surface area contributed by atoms with Crippen molar-refractivity contribution in [1.29, 1.82) is 0 Å². The van der Waals surface area contributed by atoms with Crippen molar-refractivity contribution in [1.82, 2.24) is 9.88 Å². The number of aliphatic hydroxyl groups excluding tert-OH is 1. The zero-order chi connectivity index (χ0) is 13.3. The number of pyridine rings is 1. The standard InChI is InChI=1S/C12H16ClN3O2/c1-7-6-16(3-2-9(7)17)12(18)8-4-10(13)15-11(14)5-8/h4-5,7,9,17H,2-3,6H2,1H3,(H2,14,15). The van der Waals surface area contributed by atoms with Crippen molar-refractivity contribution in [3.63, 3.8) is 0 Å². The molecule has 2 heterocycles. The highest BCUT2D eigenvalue weighted by Crippen LogP contribution is 2.20. The predicted molar refractivity (Wildman–Crippen MR) is 69.4 cm³/mol. The number of amides is 1. The Morgan fingerprint density at radius 2 is 2.33 bits per heavy atom. The van der Waals surface area contributed by atoms with Gasteiger partial charge in [-0.15, -0.1) is 0 Å². The number of anilines is 1. The monoisotopic (exact) mass is 269 g/mol. The molecule has 3 N–H and O–H groups in total. The number of halogens is 1. The largest absolute Gasteiger partial charge is 0.393 e. The van der Waals surface area contributed by atoms with Crippen molar-refractivity contribution in [3.8, 4) is 0 Å². The van der Waals surface area contributed by atoms with Gasteiger partial charge in [-0.1, -0.05) is 18.5 Å². The molecule has 5 nitrogen and oxygen atoms in total. The Kier molecular flexibility index (Phi) is 3.73. The van der Waals surface area contributed by atoms with E-state index in [1.807, 2.05) is 6.92 Å². The number of hydrogen-bond donors (Lipinski definition) is 2. The minimum absolute atomic E-state index is 0.0809. The number of carbonyl (C=O) groups excluding carboxylic acids is 1. The van der Waals surface area contributed by atoms with Crippen LogP contribution in [-0.2, 0) is 0 Å². The summed E-state index contributed by atoms with van der Waals surface area (Å²) >= 11 is 5.78. The molecule has 0 bridgehead atoms. The highest BCUT2D eigenvalue weighted by molar-refractivity contribution is 6.29. The number of aromatic nitrogens is 1. The molecule has 1 aliphatic rings. The van der Waals surface area contributed by atoms with E-state index in [4.69, 9.17) is 17.3 Å². The highest BCUT2D eigenvalue weighted by Gasteiger charge is 2.27. The van der Waals surface area contributed by atoms with E-state index in [0.717, 1.165) is 0 Å². The SMILES string of the molecule is CC1CN(C(=O)c2cc(N)nc(Cl)c2)CCC1O. The summed E-state index contributed by atoms with van der Waals surface area (Å²) < 4.78 is 0. The van der Waals surface area contributed by atoms with Crippen LogP contribution in [0.4, 0.5) is 5.82 Å². The first kappa shape index (κ1) is 13.1. The van der Waals surface area contributed by atoms with Crippen molar-refractivity contribution in [3.05, 3.63) is 22.8 Å². The van der Waals surface area contributed by atoms with Gasteiger partial charge in [0.05, 0.1) is 6.10 Å². The number of carbonyl (C=O) groups is 1. The van der Waals surface area contributed by atoms with Crippen LogP contribution < -0.4 is 5.73 Å². The van der Waals surface area contributed by atoms with Crippen LogP contribution in [-0.4, -0.2) is 40.1 Å². The summed E-state index contributed by atoms with van der Waals surface area (Å²) in [6.45, 7) is 3.02. The van der Waals surface area contributed by atoms with Crippen LogP contribution in [0.15, 0.2) is 12.1 Å². The molecule has 2 rings (SSSR count). The summed E-state index contributed by atoms with van der Waals surface area (Å²) in [5.41, 5.74) is 6.01. The van der Waals surface area contributed by atoms with Gasteiger partial charge in [0.15, 0.2) is 0 Å². The zero-order valence-corrected chi connectivity index (χ0v) is 10.9. The van der Waals surface area contributed by atoms with Crippen LogP contribution in [0.3, 0.4) is 0 Å². The fraction of sp³-hybridized carbons (Fsp3) is 0.500. The number of likely N-dealkylation sites (tertiary alicyclic amines) is 1. The quantitative estimate of drug-likeness (QED) is 0.750. The van der Waals surface area contributed by atoms with Crippen molar-refractivity contribution < 1.29 is 9.90 Å². The minimum Gasteiger partial charge on any atom is -0.393 e. The Morgan fingerprint density at radius 1 is 1.61 bits per heavy atom. The van der Waals surface area contributed by atoms with Gasteiger partial charge < -0.3 is 15.7 Å². The van der Waals surface area contributed by atoms with Crippen molar-refractivity contribution in [2.24, 2.45) is 5.92 Å². The van der Waals surface area contributed by atoms with E-state index in [-0.39, 0.29) is 28.9 Å². The summed E-state index contributed by atoms with van der Waals surface area (Å²) in [6.07, 6.45) is 0.265. The maximum atomic E-state index is 12.3. The number of rotatable bonds is 1. The molecule has 6 heteroatoms. The van der Waals surface area contributed by atoms with Crippen LogP contribution in [0.1, 0.15) is 23.7 Å². The van der Waals surface area contributed by atoms with Gasteiger partial charge in [0.2, 0.25) is 0 Å². The molecule has 2 atom stereocenters. The molecule has 1 aliphatic heterocycles. The van der Waals surface area contributed by atoms with Gasteiger partial charge in [0.25, 0.3) is 5.91 Å². The van der Waals surface area contributed by atoms with Gasteiger partial charge in [-0.05, 0) is 24.5 Å². The van der Waals surface area contributed by atoms with Gasteiger partial charge in [-0.3, -0.25) is 4.79 Å². The Bertz CT molecular complexity index is 446. The molecule has 1 amide bonds. The molecule has 2 unspecified atom stereocenters. The predicted octanol–water partition coefficient (Wildman–Crippen LogP) is 1.16. The minimum atomic E-state index is -0.333. The lowest BCUT2D eigenvalue weighted by Gasteiger charge is -2.34. The summed E-state index contributed by atoms with van der Waals surface area (Å²) in [5, 5.41) is 9.86. The average Bonchev–Trinajstić information content (AvgIpc) is 2.30. The number of nitrogen functional groups attached to an aromatic ring is 1. The molecule has 1 saturated heterocycles. The third kappa shape index (κ3) is 2.73. The molecular weight excluding hydrogens is 254 g/mol. The smallest absolute Gasteiger partial charge is 0.254 e. The molecule has 0 radical (unpaired) electrons. The summed E-state index contributed by atoms with van der Waals surface area (Å²) in [7, 11) is 0. The topological polar surface area (TPSA) is 79.5 Å². The van der Waals surface area contributed by atoms with Gasteiger partial charge in [0.1, 0.15) is 11.0 Å². The van der Waals surface area contributed by atoms with E-state index in [0.29, 0.717) is 25.1 Å². The van der Waals surface area contributed by atoms with E-state index >= 15 is 0 Å². The molecule has 0 aliphatic carbocycles. The second kappa shape index (κ2) is 5.12. The van der Waals surface area contributed by atoms with Crippen LogP contribution in [0.25, 0.3) is 0 Å². The van der Waals surface area contributed by atoms with Gasteiger partial charge >= 0.3 is 0 Å². The summed E-state index contributed by atoms with van der Waals surface area (Å²) in [4.78, 5) is 17.8. The second-order valence-corrected chi connectivity index (χ2v) is 5.08. The Morgan fingerprint density at radius 3 is 2.94 bits per heavy atom. The molecule has 18 heavy (non-hydrogen) atoms. The first-order chi connectivity index (χ1) is 8.47. The molecule has 1 aromatic heterocycles. The van der Waals surface area contributed by atoms with E-state index in [9.17, 15) is 9.90 Å². The summed E-state index contributed by atoms with van der Waals surface area (Å²) in [6, 6.07) is 3.03. The third-order valence-corrected chi connectivity index (χ3v) is 3.40. The van der Waals surface area contributed by atoms with Crippen LogP contribution in [0, 0.1) is 5.92 Å². The van der Waals surface area contributed by atoms with Gasteiger partial charge in [-0.25, -0.2) is 4.98 Å². The molecule has 98 valence electrons. The van der Waals surface area contributed by atoms with Crippen LogP contribution in [0.5, 0.6) is 0 Å². The number of piperidine rings is 1. The van der Waals surface area contributed by atoms with E-state index in [1.54, 1.807) is 4.90 Å². The van der Waals surface area contributed by atoms with E-state index in [1.165, 1.54) is 12.1 Å². The molecule has 0 spiro atoms. The number of nitrogens with zero attached hydrogens (tertiary/aromatic N) is 2. The normalized spacial score (nSPS) is 24.1. The van der Waals surface area contributed by atoms with Gasteiger partial charge in [-0.2, -0.15) is 0 Å². The Hall–Kier alpha value is -1.33. The van der Waals surface area contributed by atoms with Crippen molar-refractivity contribution in [2.45, 2.75) is 19.4 Å². The van der Waals surface area contributed by atoms with Crippen LogP contribution >= 0.6 is 11.6 Å². The number of hydrogen-bond acceptors (Lipinski definition) is 4. The highest BCUT2D eigenvalue weighted by atomic mass is 35.5.